The number of rotatable bonds is 5. The number of aryl methyl sites for hydroxylation is 1. The molecule has 0 amide bonds. The van der Waals surface area contributed by atoms with Crippen molar-refractivity contribution in [3.05, 3.63) is 35.1 Å². The molecule has 3 N–H and O–H groups in total. The Labute approximate surface area is 96.0 Å². The minimum atomic E-state index is -0.222. The predicted molar refractivity (Wildman–Crippen MR) is 64.4 cm³/mol. The maximum absolute atomic E-state index is 12.9. The third-order valence-electron chi connectivity index (χ3n) is 2.50. The third kappa shape index (κ3) is 3.34. The number of benzene rings is 1. The van der Waals surface area contributed by atoms with Gasteiger partial charge in [0.2, 0.25) is 0 Å². The summed E-state index contributed by atoms with van der Waals surface area (Å²) in [4.78, 5) is 0. The first-order chi connectivity index (χ1) is 7.69. The van der Waals surface area contributed by atoms with Crippen molar-refractivity contribution in [1.82, 2.24) is 5.32 Å². The van der Waals surface area contributed by atoms with Crippen molar-refractivity contribution in [3.63, 3.8) is 0 Å². The zero-order chi connectivity index (χ0) is 12.0. The molecule has 1 rings (SSSR count). The number of hydrogen-bond acceptors (Lipinski definition) is 2. The molecule has 1 aromatic rings. The second-order valence-electron chi connectivity index (χ2n) is 3.70. The van der Waals surface area contributed by atoms with Gasteiger partial charge in [-0.25, -0.2) is 4.39 Å². The second kappa shape index (κ2) is 6.26. The molecule has 3 heteroatoms. The molecule has 86 valence electrons. The van der Waals surface area contributed by atoms with E-state index in [1.807, 2.05) is 6.92 Å². The first-order valence-electron chi connectivity index (χ1n) is 5.32. The Kier molecular flexibility index (Phi) is 4.97. The van der Waals surface area contributed by atoms with Crippen LogP contribution in [0.4, 0.5) is 4.39 Å². The fourth-order valence-corrected chi connectivity index (χ4v) is 1.67. The molecule has 2 nitrogen and oxygen atoms in total. The van der Waals surface area contributed by atoms with Crippen LogP contribution in [0.5, 0.6) is 0 Å². The molecule has 1 unspecified atom stereocenters. The number of terminal acetylenes is 1. The lowest BCUT2D eigenvalue weighted by Crippen LogP contribution is -2.29. The smallest absolute Gasteiger partial charge is 0.123 e. The molecule has 0 fully saturated rings. The number of hydrogen-bond donors (Lipinski definition) is 2. The number of nitrogens with two attached hydrogens (primary N) is 1. The quantitative estimate of drug-likeness (QED) is 0.586. The lowest BCUT2D eigenvalue weighted by Gasteiger charge is -2.18. The van der Waals surface area contributed by atoms with Crippen molar-refractivity contribution in [1.29, 1.82) is 0 Å². The Balaban J connectivity index is 2.75. The van der Waals surface area contributed by atoms with Crippen molar-refractivity contribution < 1.29 is 4.39 Å². The van der Waals surface area contributed by atoms with Crippen LogP contribution in [-0.4, -0.2) is 13.1 Å². The summed E-state index contributed by atoms with van der Waals surface area (Å²) in [5.74, 6) is 2.34. The van der Waals surface area contributed by atoms with E-state index in [-0.39, 0.29) is 11.9 Å². The van der Waals surface area contributed by atoms with Gasteiger partial charge in [0.1, 0.15) is 5.82 Å². The molecule has 0 bridgehead atoms. The molecule has 0 radical (unpaired) electrons. The molecule has 1 atom stereocenters. The van der Waals surface area contributed by atoms with Crippen molar-refractivity contribution >= 4 is 0 Å². The van der Waals surface area contributed by atoms with E-state index in [0.29, 0.717) is 13.0 Å². The molecule has 0 aliphatic rings. The fourth-order valence-electron chi connectivity index (χ4n) is 1.67. The Morgan fingerprint density at radius 3 is 2.88 bits per heavy atom. The standard InChI is InChI=1S/C13H17FN2/c1-3-4-7-16-13(9-15)12-6-5-11(14)8-10(12)2/h1,5-6,8,13,16H,4,7,9,15H2,2H3. The molecule has 0 aromatic heterocycles. The predicted octanol–water partition coefficient (Wildman–Crippen LogP) is 1.75. The number of nitrogens with one attached hydrogen (secondary N) is 1. The second-order valence-corrected chi connectivity index (χ2v) is 3.70. The van der Waals surface area contributed by atoms with E-state index in [0.717, 1.165) is 17.7 Å². The van der Waals surface area contributed by atoms with Gasteiger partial charge >= 0.3 is 0 Å². The summed E-state index contributed by atoms with van der Waals surface area (Å²) in [6.07, 6.45) is 5.84. The molecular weight excluding hydrogens is 203 g/mol. The maximum Gasteiger partial charge on any atom is 0.123 e. The molecule has 0 spiro atoms. The zero-order valence-electron chi connectivity index (χ0n) is 9.46. The van der Waals surface area contributed by atoms with Crippen molar-refractivity contribution in [2.75, 3.05) is 13.1 Å². The van der Waals surface area contributed by atoms with E-state index < -0.39 is 0 Å². The average molecular weight is 220 g/mol. The van der Waals surface area contributed by atoms with Crippen LogP contribution in [0, 0.1) is 25.1 Å². The van der Waals surface area contributed by atoms with E-state index in [4.69, 9.17) is 12.2 Å². The van der Waals surface area contributed by atoms with Gasteiger partial charge in [-0.2, -0.15) is 0 Å². The normalized spacial score (nSPS) is 12.1. The average Bonchev–Trinajstić information content (AvgIpc) is 2.26. The summed E-state index contributed by atoms with van der Waals surface area (Å²) in [6, 6.07) is 4.77. The van der Waals surface area contributed by atoms with Crippen molar-refractivity contribution in [2.45, 2.75) is 19.4 Å². The third-order valence-corrected chi connectivity index (χ3v) is 2.50. The Bertz CT molecular complexity index is 382. The van der Waals surface area contributed by atoms with Crippen LogP contribution in [0.1, 0.15) is 23.6 Å². The first-order valence-corrected chi connectivity index (χ1v) is 5.32. The highest BCUT2D eigenvalue weighted by atomic mass is 19.1. The van der Waals surface area contributed by atoms with Gasteiger partial charge in [0.15, 0.2) is 0 Å². The van der Waals surface area contributed by atoms with Gasteiger partial charge in [-0.05, 0) is 30.2 Å². The molecule has 0 aliphatic carbocycles. The van der Waals surface area contributed by atoms with E-state index in [9.17, 15) is 4.39 Å². The molecule has 0 heterocycles. The SMILES string of the molecule is C#CCCNC(CN)c1ccc(F)cc1C. The van der Waals surface area contributed by atoms with Crippen LogP contribution in [0.3, 0.4) is 0 Å². The Morgan fingerprint density at radius 1 is 1.56 bits per heavy atom. The van der Waals surface area contributed by atoms with Crippen LogP contribution < -0.4 is 11.1 Å². The van der Waals surface area contributed by atoms with Gasteiger partial charge < -0.3 is 11.1 Å². The number of halogens is 1. The van der Waals surface area contributed by atoms with Gasteiger partial charge in [-0.15, -0.1) is 12.3 Å². The molecule has 0 saturated heterocycles. The maximum atomic E-state index is 12.9. The van der Waals surface area contributed by atoms with Crippen LogP contribution >= 0.6 is 0 Å². The van der Waals surface area contributed by atoms with E-state index in [1.165, 1.54) is 12.1 Å². The zero-order valence-corrected chi connectivity index (χ0v) is 9.46. The van der Waals surface area contributed by atoms with Crippen LogP contribution in [0.25, 0.3) is 0 Å². The molecule has 0 saturated carbocycles. The molecule has 0 aliphatic heterocycles. The Hall–Kier alpha value is -1.37. The monoisotopic (exact) mass is 220 g/mol. The summed E-state index contributed by atoms with van der Waals surface area (Å²) in [7, 11) is 0. The van der Waals surface area contributed by atoms with Crippen molar-refractivity contribution in [2.24, 2.45) is 5.73 Å². The van der Waals surface area contributed by atoms with Crippen LogP contribution in [-0.2, 0) is 0 Å². The fraction of sp³-hybridized carbons (Fsp3) is 0.385. The summed E-state index contributed by atoms with van der Waals surface area (Å²) >= 11 is 0. The molecule has 1 aromatic carbocycles. The first kappa shape index (κ1) is 12.7. The van der Waals surface area contributed by atoms with E-state index in [2.05, 4.69) is 11.2 Å². The van der Waals surface area contributed by atoms with Gasteiger partial charge in [0.05, 0.1) is 0 Å². The van der Waals surface area contributed by atoms with E-state index in [1.54, 1.807) is 6.07 Å². The van der Waals surface area contributed by atoms with Gasteiger partial charge in [-0.3, -0.25) is 0 Å². The van der Waals surface area contributed by atoms with Crippen LogP contribution in [0.2, 0.25) is 0 Å². The minimum absolute atomic E-state index is 0.0361. The summed E-state index contributed by atoms with van der Waals surface area (Å²) in [6.45, 7) is 3.07. The van der Waals surface area contributed by atoms with Gasteiger partial charge in [0.25, 0.3) is 0 Å². The molecular formula is C13H17FN2. The largest absolute Gasteiger partial charge is 0.329 e. The van der Waals surface area contributed by atoms with E-state index >= 15 is 0 Å². The van der Waals surface area contributed by atoms with Gasteiger partial charge in [-0.1, -0.05) is 6.07 Å². The summed E-state index contributed by atoms with van der Waals surface area (Å²) < 4.78 is 12.9. The topological polar surface area (TPSA) is 38.0 Å². The summed E-state index contributed by atoms with van der Waals surface area (Å²) in [5.41, 5.74) is 7.62. The Morgan fingerprint density at radius 2 is 2.31 bits per heavy atom. The highest BCUT2D eigenvalue weighted by molar-refractivity contribution is 5.29. The highest BCUT2D eigenvalue weighted by Crippen LogP contribution is 2.17. The van der Waals surface area contributed by atoms with Crippen molar-refractivity contribution in [3.8, 4) is 12.3 Å². The minimum Gasteiger partial charge on any atom is -0.329 e. The lowest BCUT2D eigenvalue weighted by atomic mass is 10.0. The van der Waals surface area contributed by atoms with Crippen LogP contribution in [0.15, 0.2) is 18.2 Å². The lowest BCUT2D eigenvalue weighted by molar-refractivity contribution is 0.545. The summed E-state index contributed by atoms with van der Waals surface area (Å²) in [5, 5.41) is 3.26. The van der Waals surface area contributed by atoms with Gasteiger partial charge in [0, 0.05) is 25.6 Å². The highest BCUT2D eigenvalue weighted by Gasteiger charge is 2.11. The molecule has 16 heavy (non-hydrogen) atoms.